The lowest BCUT2D eigenvalue weighted by Crippen LogP contribution is -2.48. The van der Waals surface area contributed by atoms with Gasteiger partial charge in [-0.3, -0.25) is 9.69 Å². The van der Waals surface area contributed by atoms with Crippen LogP contribution in [0.1, 0.15) is 41.0 Å². The second-order valence-electron chi connectivity index (χ2n) is 7.34. The summed E-state index contributed by atoms with van der Waals surface area (Å²) in [6.45, 7) is 1.35. The number of carbonyl (C=O) groups excluding carboxylic acids is 1. The van der Waals surface area contributed by atoms with E-state index >= 15 is 0 Å². The van der Waals surface area contributed by atoms with Gasteiger partial charge in [-0.15, -0.1) is 0 Å². The molecule has 1 aliphatic carbocycles. The standard InChI is InChI=1S/C20H25N3O2/c1-22-12-15-8-4-3-7-14(15)11-18(22)20(24)23(2)13-17-16-9-5-6-10-19(16)25-21-17/h3-4,7-8,18H,5-6,9-13H2,1-2H3/t18-/m1/s1. The number of aromatic nitrogens is 1. The molecule has 2 heterocycles. The van der Waals surface area contributed by atoms with Crippen LogP contribution in [-0.2, 0) is 37.1 Å². The van der Waals surface area contributed by atoms with E-state index in [0.29, 0.717) is 6.54 Å². The van der Waals surface area contributed by atoms with Gasteiger partial charge in [-0.05, 0) is 43.9 Å². The Morgan fingerprint density at radius 2 is 2.04 bits per heavy atom. The summed E-state index contributed by atoms with van der Waals surface area (Å²) in [5.41, 5.74) is 4.77. The number of carbonyl (C=O) groups is 1. The van der Waals surface area contributed by atoms with Crippen molar-refractivity contribution < 1.29 is 9.32 Å². The third kappa shape index (κ3) is 3.09. The van der Waals surface area contributed by atoms with Crippen molar-refractivity contribution in [3.63, 3.8) is 0 Å². The zero-order valence-corrected chi connectivity index (χ0v) is 15.0. The molecule has 5 heteroatoms. The minimum atomic E-state index is -0.109. The number of hydrogen-bond donors (Lipinski definition) is 0. The van der Waals surface area contributed by atoms with Crippen molar-refractivity contribution in [2.75, 3.05) is 14.1 Å². The van der Waals surface area contributed by atoms with Crippen LogP contribution in [0.4, 0.5) is 0 Å². The normalized spacial score (nSPS) is 20.0. The lowest BCUT2D eigenvalue weighted by atomic mass is 9.93. The van der Waals surface area contributed by atoms with E-state index in [1.165, 1.54) is 29.5 Å². The van der Waals surface area contributed by atoms with Crippen LogP contribution in [0.2, 0.25) is 0 Å². The average Bonchev–Trinajstić information content (AvgIpc) is 3.03. The number of amides is 1. The largest absolute Gasteiger partial charge is 0.361 e. The van der Waals surface area contributed by atoms with Crippen molar-refractivity contribution >= 4 is 5.91 Å². The van der Waals surface area contributed by atoms with Gasteiger partial charge in [0.15, 0.2) is 0 Å². The Morgan fingerprint density at radius 3 is 2.88 bits per heavy atom. The molecule has 0 saturated carbocycles. The van der Waals surface area contributed by atoms with Crippen LogP contribution in [-0.4, -0.2) is 41.0 Å². The fraction of sp³-hybridized carbons (Fsp3) is 0.500. The summed E-state index contributed by atoms with van der Waals surface area (Å²) in [5, 5.41) is 4.24. The molecule has 0 bridgehead atoms. The van der Waals surface area contributed by atoms with Crippen LogP contribution >= 0.6 is 0 Å². The maximum absolute atomic E-state index is 13.0. The van der Waals surface area contributed by atoms with E-state index in [4.69, 9.17) is 4.52 Å². The third-order valence-electron chi connectivity index (χ3n) is 5.56. The smallest absolute Gasteiger partial charge is 0.240 e. The maximum Gasteiger partial charge on any atom is 0.240 e. The Labute approximate surface area is 148 Å². The zero-order valence-electron chi connectivity index (χ0n) is 15.0. The molecule has 1 atom stereocenters. The van der Waals surface area contributed by atoms with Gasteiger partial charge in [0.1, 0.15) is 11.5 Å². The number of benzene rings is 1. The summed E-state index contributed by atoms with van der Waals surface area (Å²) >= 11 is 0. The van der Waals surface area contributed by atoms with Gasteiger partial charge in [0.05, 0.1) is 12.6 Å². The van der Waals surface area contributed by atoms with E-state index < -0.39 is 0 Å². The van der Waals surface area contributed by atoms with Crippen LogP contribution in [0.25, 0.3) is 0 Å². The zero-order chi connectivity index (χ0) is 17.4. The molecule has 0 spiro atoms. The topological polar surface area (TPSA) is 49.6 Å². The van der Waals surface area contributed by atoms with Gasteiger partial charge in [-0.2, -0.15) is 0 Å². The lowest BCUT2D eigenvalue weighted by Gasteiger charge is -2.35. The van der Waals surface area contributed by atoms with E-state index in [1.54, 1.807) is 0 Å². The predicted octanol–water partition coefficient (Wildman–Crippen LogP) is 2.57. The average molecular weight is 339 g/mol. The number of likely N-dealkylation sites (N-methyl/N-ethyl adjacent to an activating group) is 2. The summed E-state index contributed by atoms with van der Waals surface area (Å²) in [4.78, 5) is 17.0. The van der Waals surface area contributed by atoms with E-state index in [1.807, 2.05) is 19.0 Å². The van der Waals surface area contributed by atoms with Crippen molar-refractivity contribution in [3.05, 3.63) is 52.4 Å². The molecule has 0 fully saturated rings. The molecule has 2 aliphatic rings. The number of rotatable bonds is 3. The highest BCUT2D eigenvalue weighted by Crippen LogP contribution is 2.26. The fourth-order valence-corrected chi connectivity index (χ4v) is 4.06. The summed E-state index contributed by atoms with van der Waals surface area (Å²) < 4.78 is 5.48. The van der Waals surface area contributed by atoms with Crippen LogP contribution in [0, 0.1) is 0 Å². The van der Waals surface area contributed by atoms with Crippen LogP contribution in [0.5, 0.6) is 0 Å². The van der Waals surface area contributed by atoms with Gasteiger partial charge in [-0.25, -0.2) is 0 Å². The van der Waals surface area contributed by atoms with Crippen LogP contribution in [0.3, 0.4) is 0 Å². The van der Waals surface area contributed by atoms with Crippen LogP contribution in [0.15, 0.2) is 28.8 Å². The molecule has 25 heavy (non-hydrogen) atoms. The molecule has 0 N–H and O–H groups in total. The Balaban J connectivity index is 1.48. The van der Waals surface area contributed by atoms with Crippen molar-refractivity contribution in [2.45, 2.75) is 51.2 Å². The third-order valence-corrected chi connectivity index (χ3v) is 5.56. The Morgan fingerprint density at radius 1 is 1.28 bits per heavy atom. The second-order valence-corrected chi connectivity index (χ2v) is 7.34. The fourth-order valence-electron chi connectivity index (χ4n) is 4.06. The molecule has 132 valence electrons. The monoisotopic (exact) mass is 339 g/mol. The molecule has 0 saturated heterocycles. The molecule has 1 aliphatic heterocycles. The predicted molar refractivity (Wildman–Crippen MR) is 95.0 cm³/mol. The molecule has 5 nitrogen and oxygen atoms in total. The molecule has 2 aromatic rings. The number of nitrogens with zero attached hydrogens (tertiary/aromatic N) is 3. The number of aryl methyl sites for hydroxylation is 1. The molecule has 1 aromatic carbocycles. The first-order chi connectivity index (χ1) is 12.1. The number of hydrogen-bond acceptors (Lipinski definition) is 4. The highest BCUT2D eigenvalue weighted by molar-refractivity contribution is 5.82. The summed E-state index contributed by atoms with van der Waals surface area (Å²) in [6, 6.07) is 8.29. The molecular formula is C20H25N3O2. The van der Waals surface area contributed by atoms with Gasteiger partial charge < -0.3 is 9.42 Å². The van der Waals surface area contributed by atoms with Gasteiger partial charge in [0, 0.05) is 25.6 Å². The van der Waals surface area contributed by atoms with E-state index in [2.05, 4.69) is 34.3 Å². The van der Waals surface area contributed by atoms with Gasteiger partial charge in [-0.1, -0.05) is 29.4 Å². The molecule has 4 rings (SSSR count). The molecular weight excluding hydrogens is 314 g/mol. The van der Waals surface area contributed by atoms with Crippen LogP contribution < -0.4 is 0 Å². The number of fused-ring (bicyclic) bond motifs is 2. The van der Waals surface area contributed by atoms with Gasteiger partial charge in [0.2, 0.25) is 5.91 Å². The van der Waals surface area contributed by atoms with E-state index in [-0.39, 0.29) is 11.9 Å². The molecule has 0 radical (unpaired) electrons. The van der Waals surface area contributed by atoms with Crippen molar-refractivity contribution in [2.24, 2.45) is 0 Å². The quantitative estimate of drug-likeness (QED) is 0.862. The van der Waals surface area contributed by atoms with Crippen molar-refractivity contribution in [1.29, 1.82) is 0 Å². The SMILES string of the molecule is CN(Cc1noc2c1CCCC2)C(=O)[C@H]1Cc2ccccc2CN1C. The first-order valence-corrected chi connectivity index (χ1v) is 9.12. The van der Waals surface area contributed by atoms with Crippen molar-refractivity contribution in [1.82, 2.24) is 15.0 Å². The van der Waals surface area contributed by atoms with E-state index in [0.717, 1.165) is 37.3 Å². The van der Waals surface area contributed by atoms with E-state index in [9.17, 15) is 4.79 Å². The Hall–Kier alpha value is -2.14. The Bertz CT molecular complexity index is 783. The molecule has 1 aromatic heterocycles. The second kappa shape index (κ2) is 6.64. The maximum atomic E-state index is 13.0. The first-order valence-electron chi connectivity index (χ1n) is 9.12. The Kier molecular flexibility index (Phi) is 4.34. The highest BCUT2D eigenvalue weighted by Gasteiger charge is 2.31. The summed E-state index contributed by atoms with van der Waals surface area (Å²) in [5.74, 6) is 1.18. The summed E-state index contributed by atoms with van der Waals surface area (Å²) in [7, 11) is 3.91. The molecule has 0 unspecified atom stereocenters. The van der Waals surface area contributed by atoms with Crippen molar-refractivity contribution in [3.8, 4) is 0 Å². The molecule has 1 amide bonds. The first kappa shape index (κ1) is 16.3. The van der Waals surface area contributed by atoms with Gasteiger partial charge >= 0.3 is 0 Å². The lowest BCUT2D eigenvalue weighted by molar-refractivity contribution is -0.136. The minimum Gasteiger partial charge on any atom is -0.361 e. The minimum absolute atomic E-state index is 0.109. The van der Waals surface area contributed by atoms with Gasteiger partial charge in [0.25, 0.3) is 0 Å². The summed E-state index contributed by atoms with van der Waals surface area (Å²) in [6.07, 6.45) is 5.12. The highest BCUT2D eigenvalue weighted by atomic mass is 16.5.